The fraction of sp³-hybridized carbons (Fsp3) is 0.429. The summed E-state index contributed by atoms with van der Waals surface area (Å²) in [7, 11) is 0. The lowest BCUT2D eigenvalue weighted by Crippen LogP contribution is -2.39. The van der Waals surface area contributed by atoms with E-state index in [1.807, 2.05) is 13.8 Å². The molecule has 0 spiro atoms. The van der Waals surface area contributed by atoms with Gasteiger partial charge < -0.3 is 16.4 Å². The standard InChI is InChI=1S/C14H21N3O2/c1-4-14(3,9-15)13(19)17-12-7-5-6-11(8-12)16-10(2)18/h5-8H,4,9,15H2,1-3H3,(H,16,18)(H,17,19). The highest BCUT2D eigenvalue weighted by molar-refractivity contribution is 5.96. The monoisotopic (exact) mass is 263 g/mol. The first-order valence-corrected chi connectivity index (χ1v) is 6.30. The molecule has 1 unspecified atom stereocenters. The third-order valence-corrected chi connectivity index (χ3v) is 3.22. The Balaban J connectivity index is 2.82. The summed E-state index contributed by atoms with van der Waals surface area (Å²) < 4.78 is 0. The number of benzene rings is 1. The lowest BCUT2D eigenvalue weighted by atomic mass is 9.86. The van der Waals surface area contributed by atoms with Gasteiger partial charge in [-0.1, -0.05) is 13.0 Å². The molecular formula is C14H21N3O2. The summed E-state index contributed by atoms with van der Waals surface area (Å²) in [4.78, 5) is 23.1. The van der Waals surface area contributed by atoms with E-state index in [0.29, 0.717) is 24.3 Å². The molecule has 19 heavy (non-hydrogen) atoms. The molecule has 0 bridgehead atoms. The summed E-state index contributed by atoms with van der Waals surface area (Å²) in [5, 5.41) is 5.50. The van der Waals surface area contributed by atoms with Crippen LogP contribution in [-0.4, -0.2) is 18.4 Å². The molecule has 5 nitrogen and oxygen atoms in total. The topological polar surface area (TPSA) is 84.2 Å². The van der Waals surface area contributed by atoms with Gasteiger partial charge in [-0.25, -0.2) is 0 Å². The molecule has 4 N–H and O–H groups in total. The Hall–Kier alpha value is -1.88. The summed E-state index contributed by atoms with van der Waals surface area (Å²) in [6, 6.07) is 7.02. The number of nitrogens with one attached hydrogen (secondary N) is 2. The van der Waals surface area contributed by atoms with Gasteiger partial charge in [-0.3, -0.25) is 9.59 Å². The maximum atomic E-state index is 12.2. The zero-order valence-corrected chi connectivity index (χ0v) is 11.6. The van der Waals surface area contributed by atoms with E-state index in [1.54, 1.807) is 24.3 Å². The number of hydrogen-bond donors (Lipinski definition) is 3. The van der Waals surface area contributed by atoms with Gasteiger partial charge in [-0.2, -0.15) is 0 Å². The van der Waals surface area contributed by atoms with Gasteiger partial charge in [-0.15, -0.1) is 0 Å². The smallest absolute Gasteiger partial charge is 0.231 e. The van der Waals surface area contributed by atoms with Crippen LogP contribution in [0.3, 0.4) is 0 Å². The minimum absolute atomic E-state index is 0.113. The number of hydrogen-bond acceptors (Lipinski definition) is 3. The second-order valence-corrected chi connectivity index (χ2v) is 4.83. The number of carbonyl (C=O) groups is 2. The lowest BCUT2D eigenvalue weighted by Gasteiger charge is -2.25. The third kappa shape index (κ3) is 4.06. The summed E-state index contributed by atoms with van der Waals surface area (Å²) in [5.74, 6) is -0.263. The molecule has 0 aliphatic heterocycles. The maximum absolute atomic E-state index is 12.2. The van der Waals surface area contributed by atoms with Crippen LogP contribution >= 0.6 is 0 Å². The van der Waals surface area contributed by atoms with Gasteiger partial charge in [0.2, 0.25) is 11.8 Å². The Morgan fingerprint density at radius 3 is 2.32 bits per heavy atom. The third-order valence-electron chi connectivity index (χ3n) is 3.22. The first-order chi connectivity index (χ1) is 8.91. The molecule has 0 aliphatic carbocycles. The zero-order valence-electron chi connectivity index (χ0n) is 11.6. The molecule has 0 aromatic heterocycles. The van der Waals surface area contributed by atoms with Gasteiger partial charge in [0, 0.05) is 24.8 Å². The lowest BCUT2D eigenvalue weighted by molar-refractivity contribution is -0.124. The van der Waals surface area contributed by atoms with Gasteiger partial charge in [0.15, 0.2) is 0 Å². The summed E-state index contributed by atoms with van der Waals surface area (Å²) in [5.41, 5.74) is 6.36. The molecule has 0 radical (unpaired) electrons. The maximum Gasteiger partial charge on any atom is 0.231 e. The highest BCUT2D eigenvalue weighted by Gasteiger charge is 2.29. The van der Waals surface area contributed by atoms with E-state index in [0.717, 1.165) is 0 Å². The molecule has 0 heterocycles. The number of carbonyl (C=O) groups excluding carboxylic acids is 2. The largest absolute Gasteiger partial charge is 0.329 e. The van der Waals surface area contributed by atoms with Crippen LogP contribution < -0.4 is 16.4 Å². The van der Waals surface area contributed by atoms with E-state index in [2.05, 4.69) is 10.6 Å². The molecule has 1 aromatic carbocycles. The molecule has 1 aromatic rings. The minimum Gasteiger partial charge on any atom is -0.329 e. The second-order valence-electron chi connectivity index (χ2n) is 4.83. The van der Waals surface area contributed by atoms with E-state index in [-0.39, 0.29) is 11.8 Å². The van der Waals surface area contributed by atoms with Crippen molar-refractivity contribution < 1.29 is 9.59 Å². The van der Waals surface area contributed by atoms with E-state index in [4.69, 9.17) is 5.73 Å². The average molecular weight is 263 g/mol. The van der Waals surface area contributed by atoms with Crippen molar-refractivity contribution in [1.29, 1.82) is 0 Å². The van der Waals surface area contributed by atoms with Crippen LogP contribution in [-0.2, 0) is 9.59 Å². The van der Waals surface area contributed by atoms with Crippen LogP contribution in [0.4, 0.5) is 11.4 Å². The predicted molar refractivity (Wildman–Crippen MR) is 76.8 cm³/mol. The Morgan fingerprint density at radius 2 is 1.84 bits per heavy atom. The van der Waals surface area contributed by atoms with Crippen LogP contribution in [0, 0.1) is 5.41 Å². The highest BCUT2D eigenvalue weighted by Crippen LogP contribution is 2.23. The van der Waals surface area contributed by atoms with E-state index < -0.39 is 5.41 Å². The number of amides is 2. The van der Waals surface area contributed by atoms with Crippen molar-refractivity contribution in [3.05, 3.63) is 24.3 Å². The SMILES string of the molecule is CCC(C)(CN)C(=O)Nc1cccc(NC(C)=O)c1. The highest BCUT2D eigenvalue weighted by atomic mass is 16.2. The van der Waals surface area contributed by atoms with Crippen molar-refractivity contribution in [2.24, 2.45) is 11.1 Å². The number of anilines is 2. The Kier molecular flexibility index (Phi) is 5.06. The van der Waals surface area contributed by atoms with Gasteiger partial charge in [0.05, 0.1) is 5.41 Å². The van der Waals surface area contributed by atoms with Crippen molar-refractivity contribution in [3.8, 4) is 0 Å². The van der Waals surface area contributed by atoms with Crippen LogP contribution in [0.1, 0.15) is 27.2 Å². The molecule has 5 heteroatoms. The Labute approximate surface area is 113 Å². The van der Waals surface area contributed by atoms with E-state index in [9.17, 15) is 9.59 Å². The first-order valence-electron chi connectivity index (χ1n) is 6.30. The Morgan fingerprint density at radius 1 is 1.26 bits per heavy atom. The van der Waals surface area contributed by atoms with E-state index >= 15 is 0 Å². The first kappa shape index (κ1) is 15.2. The van der Waals surface area contributed by atoms with Crippen molar-refractivity contribution >= 4 is 23.2 Å². The van der Waals surface area contributed by atoms with Crippen LogP contribution in [0.2, 0.25) is 0 Å². The van der Waals surface area contributed by atoms with Crippen LogP contribution in [0.15, 0.2) is 24.3 Å². The fourth-order valence-electron chi connectivity index (χ4n) is 1.56. The van der Waals surface area contributed by atoms with Crippen molar-refractivity contribution in [2.45, 2.75) is 27.2 Å². The summed E-state index contributed by atoms with van der Waals surface area (Å²) in [6.07, 6.45) is 0.667. The number of nitrogens with two attached hydrogens (primary N) is 1. The van der Waals surface area contributed by atoms with Gasteiger partial charge >= 0.3 is 0 Å². The fourth-order valence-corrected chi connectivity index (χ4v) is 1.56. The van der Waals surface area contributed by atoms with Gasteiger partial charge in [-0.05, 0) is 31.5 Å². The molecule has 0 aliphatic rings. The Bertz CT molecular complexity index is 468. The van der Waals surface area contributed by atoms with Crippen molar-refractivity contribution in [2.75, 3.05) is 17.2 Å². The average Bonchev–Trinajstić information content (AvgIpc) is 2.37. The van der Waals surface area contributed by atoms with Crippen LogP contribution in [0.5, 0.6) is 0 Å². The quantitative estimate of drug-likeness (QED) is 0.759. The van der Waals surface area contributed by atoms with E-state index in [1.165, 1.54) is 6.92 Å². The van der Waals surface area contributed by atoms with Crippen molar-refractivity contribution in [3.63, 3.8) is 0 Å². The van der Waals surface area contributed by atoms with Gasteiger partial charge in [0.1, 0.15) is 0 Å². The van der Waals surface area contributed by atoms with Gasteiger partial charge in [0.25, 0.3) is 0 Å². The summed E-state index contributed by atoms with van der Waals surface area (Å²) >= 11 is 0. The predicted octanol–water partition coefficient (Wildman–Crippen LogP) is 1.96. The van der Waals surface area contributed by atoms with Crippen LogP contribution in [0.25, 0.3) is 0 Å². The molecule has 0 saturated carbocycles. The molecule has 2 amide bonds. The second kappa shape index (κ2) is 6.33. The molecule has 0 saturated heterocycles. The normalized spacial score (nSPS) is 13.5. The molecule has 0 fully saturated rings. The zero-order chi connectivity index (χ0) is 14.5. The molecule has 1 rings (SSSR count). The van der Waals surface area contributed by atoms with Crippen molar-refractivity contribution in [1.82, 2.24) is 0 Å². The molecule has 1 atom stereocenters. The molecular weight excluding hydrogens is 242 g/mol. The molecule has 104 valence electrons. The number of rotatable bonds is 5. The summed E-state index contributed by atoms with van der Waals surface area (Å²) in [6.45, 7) is 5.49. The minimum atomic E-state index is -0.579.